The Morgan fingerprint density at radius 2 is 1.60 bits per heavy atom. The molecule has 2 aliphatic rings. The number of halogens is 2. The number of piperazine rings is 1. The Balaban J connectivity index is 1.28. The lowest BCUT2D eigenvalue weighted by molar-refractivity contribution is 0.0635. The third-order valence-corrected chi connectivity index (χ3v) is 10.4. The van der Waals surface area contributed by atoms with Crippen molar-refractivity contribution in [1.82, 2.24) is 9.21 Å². The predicted octanol–water partition coefficient (Wildman–Crippen LogP) is 5.57. The lowest BCUT2D eigenvalue weighted by Gasteiger charge is -2.35. The number of aryl methyl sites for hydroxylation is 1. The van der Waals surface area contributed by atoms with Crippen LogP contribution >= 0.6 is 11.6 Å². The lowest BCUT2D eigenvalue weighted by atomic mass is 10.0. The summed E-state index contributed by atoms with van der Waals surface area (Å²) in [5, 5.41) is 2.86. The summed E-state index contributed by atoms with van der Waals surface area (Å²) in [6.07, 6.45) is 3.11. The zero-order valence-electron chi connectivity index (χ0n) is 23.6. The maximum absolute atomic E-state index is 13.5. The van der Waals surface area contributed by atoms with E-state index in [4.69, 9.17) is 11.6 Å². The first-order valence-corrected chi connectivity index (χ1v) is 15.9. The van der Waals surface area contributed by atoms with Gasteiger partial charge in [0.15, 0.2) is 0 Å². The highest BCUT2D eigenvalue weighted by Crippen LogP contribution is 2.29. The number of likely N-dealkylation sites (tertiary alicyclic amines) is 1. The summed E-state index contributed by atoms with van der Waals surface area (Å²) in [5.41, 5.74) is 2.78. The van der Waals surface area contributed by atoms with Crippen molar-refractivity contribution < 1.29 is 22.4 Å². The molecule has 42 heavy (non-hydrogen) atoms. The van der Waals surface area contributed by atoms with Crippen molar-refractivity contribution in [2.75, 3.05) is 42.9 Å². The summed E-state index contributed by atoms with van der Waals surface area (Å²) in [5.74, 6) is -0.839. The van der Waals surface area contributed by atoms with Crippen LogP contribution < -0.4 is 10.2 Å². The topological polar surface area (TPSA) is 90.0 Å². The average molecular weight is 613 g/mol. The fraction of sp³-hybridized carbons (Fsp3) is 0.355. The molecule has 2 amide bonds. The summed E-state index contributed by atoms with van der Waals surface area (Å²) in [4.78, 5) is 30.0. The van der Waals surface area contributed by atoms with Gasteiger partial charge in [-0.3, -0.25) is 9.59 Å². The first kappa shape index (κ1) is 30.0. The number of nitrogens with one attached hydrogen (secondary N) is 1. The number of benzene rings is 3. The molecule has 1 unspecified atom stereocenters. The minimum Gasteiger partial charge on any atom is -0.369 e. The molecule has 2 fully saturated rings. The number of nitrogens with zero attached hydrogens (tertiary/aromatic N) is 3. The van der Waals surface area contributed by atoms with E-state index in [2.05, 4.69) is 12.2 Å². The van der Waals surface area contributed by atoms with Crippen LogP contribution in [-0.4, -0.2) is 68.2 Å². The molecular formula is C31H34ClFN4O4S. The molecular weight excluding hydrogens is 579 g/mol. The van der Waals surface area contributed by atoms with E-state index in [0.717, 1.165) is 37.1 Å². The highest BCUT2D eigenvalue weighted by Gasteiger charge is 2.31. The van der Waals surface area contributed by atoms with E-state index in [1.807, 2.05) is 16.7 Å². The van der Waals surface area contributed by atoms with Crippen LogP contribution in [0.2, 0.25) is 5.02 Å². The van der Waals surface area contributed by atoms with Crippen LogP contribution in [-0.2, 0) is 10.0 Å². The molecule has 1 atom stereocenters. The van der Waals surface area contributed by atoms with Crippen molar-refractivity contribution >= 4 is 44.8 Å². The van der Waals surface area contributed by atoms with E-state index >= 15 is 0 Å². The minimum absolute atomic E-state index is 0.0192. The smallest absolute Gasteiger partial charge is 0.255 e. The summed E-state index contributed by atoms with van der Waals surface area (Å²) in [6, 6.07) is 15.6. The van der Waals surface area contributed by atoms with Gasteiger partial charge in [-0.1, -0.05) is 11.6 Å². The molecule has 0 saturated carbocycles. The van der Waals surface area contributed by atoms with Gasteiger partial charge in [-0.15, -0.1) is 0 Å². The molecule has 2 saturated heterocycles. The standard InChI is InChI=1S/C31H34ClFN4O4S/c1-21-19-24(31(39)37-14-4-3-5-22(37)2)7-13-28(21)34-30(38)23-6-12-27(32)29(20-23)42(40,41)36-17-15-35(16-18-36)26-10-8-25(33)9-11-26/h6-13,19-20,22H,3-5,14-18H2,1-2H3,(H,34,38). The Morgan fingerprint density at radius 1 is 0.905 bits per heavy atom. The molecule has 1 N–H and O–H groups in total. The van der Waals surface area contributed by atoms with Gasteiger partial charge >= 0.3 is 0 Å². The first-order chi connectivity index (χ1) is 20.0. The molecule has 2 heterocycles. The Bertz CT molecular complexity index is 1590. The van der Waals surface area contributed by atoms with Gasteiger partial charge in [0, 0.05) is 61.3 Å². The monoisotopic (exact) mass is 612 g/mol. The number of amides is 2. The zero-order chi connectivity index (χ0) is 30.0. The van der Waals surface area contributed by atoms with Crippen molar-refractivity contribution in [2.45, 2.75) is 44.0 Å². The third-order valence-electron chi connectivity index (χ3n) is 8.03. The predicted molar refractivity (Wildman–Crippen MR) is 162 cm³/mol. The molecule has 0 aromatic heterocycles. The minimum atomic E-state index is -3.98. The molecule has 0 aliphatic carbocycles. The normalized spacial score (nSPS) is 18.1. The quantitative estimate of drug-likeness (QED) is 0.393. The van der Waals surface area contributed by atoms with Gasteiger partial charge in [0.1, 0.15) is 10.7 Å². The molecule has 3 aromatic rings. The number of sulfonamides is 1. The van der Waals surface area contributed by atoms with E-state index in [0.29, 0.717) is 24.3 Å². The zero-order valence-corrected chi connectivity index (χ0v) is 25.2. The molecule has 0 radical (unpaired) electrons. The second-order valence-corrected chi connectivity index (χ2v) is 13.2. The Kier molecular flexibility index (Phi) is 8.86. The maximum atomic E-state index is 13.5. The number of hydrogen-bond donors (Lipinski definition) is 1. The van der Waals surface area contributed by atoms with Crippen LogP contribution in [0.3, 0.4) is 0 Å². The van der Waals surface area contributed by atoms with Crippen LogP contribution in [0, 0.1) is 12.7 Å². The Hall–Kier alpha value is -3.47. The van der Waals surface area contributed by atoms with Gasteiger partial charge in [0.2, 0.25) is 10.0 Å². The van der Waals surface area contributed by atoms with Crippen molar-refractivity contribution in [3.05, 3.63) is 88.2 Å². The Labute approximate surface area is 251 Å². The highest BCUT2D eigenvalue weighted by atomic mass is 35.5. The SMILES string of the molecule is Cc1cc(C(=O)N2CCCCC2C)ccc1NC(=O)c1ccc(Cl)c(S(=O)(=O)N2CCN(c3ccc(F)cc3)CC2)c1. The van der Waals surface area contributed by atoms with Crippen LogP contribution in [0.1, 0.15) is 52.5 Å². The van der Waals surface area contributed by atoms with E-state index < -0.39 is 15.9 Å². The largest absolute Gasteiger partial charge is 0.369 e. The highest BCUT2D eigenvalue weighted by molar-refractivity contribution is 7.89. The van der Waals surface area contributed by atoms with Crippen molar-refractivity contribution in [3.8, 4) is 0 Å². The number of piperidine rings is 1. The summed E-state index contributed by atoms with van der Waals surface area (Å²) in [7, 11) is -3.98. The number of carbonyl (C=O) groups excluding carboxylic acids is 2. The molecule has 2 aliphatic heterocycles. The average Bonchev–Trinajstić information content (AvgIpc) is 2.98. The number of rotatable bonds is 6. The van der Waals surface area contributed by atoms with Gasteiger partial charge in [-0.2, -0.15) is 4.31 Å². The molecule has 3 aromatic carbocycles. The second-order valence-electron chi connectivity index (χ2n) is 10.8. The van der Waals surface area contributed by atoms with Gasteiger partial charge in [-0.05, 0) is 99.3 Å². The van der Waals surface area contributed by atoms with E-state index in [-0.39, 0.29) is 46.3 Å². The second kappa shape index (κ2) is 12.4. The van der Waals surface area contributed by atoms with E-state index in [1.54, 1.807) is 30.3 Å². The van der Waals surface area contributed by atoms with Gasteiger partial charge in [0.25, 0.3) is 11.8 Å². The molecule has 0 bridgehead atoms. The fourth-order valence-corrected chi connectivity index (χ4v) is 7.44. The molecule has 11 heteroatoms. The third kappa shape index (κ3) is 6.30. The molecule has 5 rings (SSSR count). The summed E-state index contributed by atoms with van der Waals surface area (Å²) >= 11 is 6.33. The van der Waals surface area contributed by atoms with Crippen LogP contribution in [0.25, 0.3) is 0 Å². The first-order valence-electron chi connectivity index (χ1n) is 14.1. The Morgan fingerprint density at radius 3 is 2.26 bits per heavy atom. The van der Waals surface area contributed by atoms with Gasteiger partial charge in [0.05, 0.1) is 5.02 Å². The van der Waals surface area contributed by atoms with E-state index in [1.165, 1.54) is 34.6 Å². The van der Waals surface area contributed by atoms with Crippen LogP contribution in [0.5, 0.6) is 0 Å². The summed E-state index contributed by atoms with van der Waals surface area (Å²) < 4.78 is 41.7. The van der Waals surface area contributed by atoms with Crippen molar-refractivity contribution in [2.24, 2.45) is 0 Å². The van der Waals surface area contributed by atoms with Crippen molar-refractivity contribution in [1.29, 1.82) is 0 Å². The lowest BCUT2D eigenvalue weighted by Crippen LogP contribution is -2.48. The van der Waals surface area contributed by atoms with Crippen molar-refractivity contribution in [3.63, 3.8) is 0 Å². The fourth-order valence-electron chi connectivity index (χ4n) is 5.52. The van der Waals surface area contributed by atoms with Gasteiger partial charge < -0.3 is 15.1 Å². The van der Waals surface area contributed by atoms with E-state index in [9.17, 15) is 22.4 Å². The maximum Gasteiger partial charge on any atom is 0.255 e. The van der Waals surface area contributed by atoms with Gasteiger partial charge in [-0.25, -0.2) is 12.8 Å². The summed E-state index contributed by atoms with van der Waals surface area (Å²) in [6.45, 7) is 5.90. The number of hydrogen-bond acceptors (Lipinski definition) is 5. The van der Waals surface area contributed by atoms with Crippen LogP contribution in [0.15, 0.2) is 65.6 Å². The van der Waals surface area contributed by atoms with Crippen LogP contribution in [0.4, 0.5) is 15.8 Å². The molecule has 0 spiro atoms. The molecule has 222 valence electrons. The molecule has 8 nitrogen and oxygen atoms in total. The number of carbonyl (C=O) groups is 2. The number of anilines is 2.